The van der Waals surface area contributed by atoms with E-state index in [1.807, 2.05) is 38.2 Å². The molecule has 19 heavy (non-hydrogen) atoms. The zero-order chi connectivity index (χ0) is 13.8. The second-order valence-corrected chi connectivity index (χ2v) is 4.90. The number of ether oxygens (including phenoxy) is 1. The van der Waals surface area contributed by atoms with Crippen LogP contribution in [-0.4, -0.2) is 14.2 Å². The third kappa shape index (κ3) is 2.91. The minimum Gasteiger partial charge on any atom is -0.496 e. The van der Waals surface area contributed by atoms with Crippen LogP contribution in [0.5, 0.6) is 5.75 Å². The van der Waals surface area contributed by atoms with Crippen LogP contribution in [0.1, 0.15) is 22.7 Å². The van der Waals surface area contributed by atoms with Gasteiger partial charge in [-0.2, -0.15) is 0 Å². The van der Waals surface area contributed by atoms with E-state index in [2.05, 4.69) is 23.5 Å². The Balaban J connectivity index is 2.50. The molecule has 0 radical (unpaired) electrons. The molecule has 0 bridgehead atoms. The number of aryl methyl sites for hydroxylation is 1. The molecule has 3 heteroatoms. The lowest BCUT2D eigenvalue weighted by atomic mass is 9.97. The molecular weight excluding hydrogens is 258 g/mol. The van der Waals surface area contributed by atoms with Crippen LogP contribution in [0.2, 0.25) is 5.02 Å². The van der Waals surface area contributed by atoms with E-state index in [4.69, 9.17) is 16.3 Å². The summed E-state index contributed by atoms with van der Waals surface area (Å²) in [6.07, 6.45) is 0. The second-order valence-electron chi connectivity index (χ2n) is 4.49. The first-order chi connectivity index (χ1) is 9.17. The van der Waals surface area contributed by atoms with Crippen LogP contribution < -0.4 is 10.1 Å². The molecule has 1 atom stereocenters. The van der Waals surface area contributed by atoms with Crippen LogP contribution in [0.3, 0.4) is 0 Å². The maximum Gasteiger partial charge on any atom is 0.123 e. The van der Waals surface area contributed by atoms with Crippen molar-refractivity contribution in [3.8, 4) is 5.75 Å². The van der Waals surface area contributed by atoms with Gasteiger partial charge in [-0.05, 0) is 37.2 Å². The van der Waals surface area contributed by atoms with E-state index >= 15 is 0 Å². The molecule has 2 aromatic rings. The second kappa shape index (κ2) is 6.09. The molecule has 0 aromatic heterocycles. The normalized spacial score (nSPS) is 12.2. The predicted molar refractivity (Wildman–Crippen MR) is 80.1 cm³/mol. The van der Waals surface area contributed by atoms with Crippen molar-refractivity contribution in [2.75, 3.05) is 14.2 Å². The maximum absolute atomic E-state index is 6.37. The fourth-order valence-electron chi connectivity index (χ4n) is 2.25. The summed E-state index contributed by atoms with van der Waals surface area (Å²) in [5, 5.41) is 4.07. The molecule has 2 aromatic carbocycles. The molecule has 100 valence electrons. The number of rotatable bonds is 4. The quantitative estimate of drug-likeness (QED) is 0.912. The fourth-order valence-corrected chi connectivity index (χ4v) is 2.59. The van der Waals surface area contributed by atoms with Gasteiger partial charge in [0, 0.05) is 10.6 Å². The van der Waals surface area contributed by atoms with E-state index < -0.39 is 0 Å². The Hall–Kier alpha value is -1.51. The molecule has 0 aliphatic carbocycles. The van der Waals surface area contributed by atoms with Crippen molar-refractivity contribution < 1.29 is 4.74 Å². The van der Waals surface area contributed by atoms with E-state index in [-0.39, 0.29) is 6.04 Å². The lowest BCUT2D eigenvalue weighted by Crippen LogP contribution is -2.18. The SMILES string of the molecule is CNC(c1ccc(C)cc1Cl)c1ccccc1OC. The number of benzene rings is 2. The number of para-hydroxylation sites is 1. The Bertz CT molecular complexity index is 568. The van der Waals surface area contributed by atoms with Crippen LogP contribution in [0, 0.1) is 6.92 Å². The smallest absolute Gasteiger partial charge is 0.123 e. The highest BCUT2D eigenvalue weighted by Crippen LogP contribution is 2.33. The summed E-state index contributed by atoms with van der Waals surface area (Å²) >= 11 is 6.37. The zero-order valence-corrected chi connectivity index (χ0v) is 12.2. The van der Waals surface area contributed by atoms with Crippen molar-refractivity contribution in [1.29, 1.82) is 0 Å². The molecule has 0 fully saturated rings. The molecule has 1 N–H and O–H groups in total. The highest BCUT2D eigenvalue weighted by atomic mass is 35.5. The van der Waals surface area contributed by atoms with Gasteiger partial charge in [-0.25, -0.2) is 0 Å². The lowest BCUT2D eigenvalue weighted by Gasteiger charge is -2.21. The van der Waals surface area contributed by atoms with Crippen molar-refractivity contribution in [2.24, 2.45) is 0 Å². The zero-order valence-electron chi connectivity index (χ0n) is 11.4. The molecular formula is C16H18ClNO. The fraction of sp³-hybridized carbons (Fsp3) is 0.250. The summed E-state index contributed by atoms with van der Waals surface area (Å²) in [5.41, 5.74) is 3.29. The molecule has 0 aliphatic heterocycles. The van der Waals surface area contributed by atoms with E-state index in [0.29, 0.717) is 0 Å². The van der Waals surface area contributed by atoms with Crippen molar-refractivity contribution in [1.82, 2.24) is 5.32 Å². The van der Waals surface area contributed by atoms with Crippen LogP contribution in [-0.2, 0) is 0 Å². The van der Waals surface area contributed by atoms with Crippen molar-refractivity contribution in [3.05, 3.63) is 64.2 Å². The monoisotopic (exact) mass is 275 g/mol. The Morgan fingerprint density at radius 2 is 1.84 bits per heavy atom. The predicted octanol–water partition coefficient (Wildman–Crippen LogP) is 3.97. The Morgan fingerprint density at radius 1 is 1.11 bits per heavy atom. The summed E-state index contributed by atoms with van der Waals surface area (Å²) in [6.45, 7) is 2.03. The number of nitrogens with one attached hydrogen (secondary N) is 1. The molecule has 2 rings (SSSR count). The van der Waals surface area contributed by atoms with Gasteiger partial charge in [0.25, 0.3) is 0 Å². The first kappa shape index (κ1) is 13.9. The molecule has 0 heterocycles. The van der Waals surface area contributed by atoms with Crippen LogP contribution in [0.15, 0.2) is 42.5 Å². The number of hydrogen-bond acceptors (Lipinski definition) is 2. The topological polar surface area (TPSA) is 21.3 Å². The van der Waals surface area contributed by atoms with Crippen molar-refractivity contribution in [2.45, 2.75) is 13.0 Å². The molecule has 2 nitrogen and oxygen atoms in total. The van der Waals surface area contributed by atoms with Crippen LogP contribution in [0.25, 0.3) is 0 Å². The van der Waals surface area contributed by atoms with Gasteiger partial charge in [0.05, 0.1) is 13.2 Å². The van der Waals surface area contributed by atoms with Crippen LogP contribution >= 0.6 is 11.6 Å². The van der Waals surface area contributed by atoms with Crippen LogP contribution in [0.4, 0.5) is 0 Å². The third-order valence-electron chi connectivity index (χ3n) is 3.21. The van der Waals surface area contributed by atoms with Gasteiger partial charge >= 0.3 is 0 Å². The Morgan fingerprint density at radius 3 is 2.47 bits per heavy atom. The number of hydrogen-bond donors (Lipinski definition) is 1. The van der Waals surface area contributed by atoms with Gasteiger partial charge in [0.2, 0.25) is 0 Å². The van der Waals surface area contributed by atoms with Gasteiger partial charge in [-0.3, -0.25) is 0 Å². The Kier molecular flexibility index (Phi) is 4.46. The standard InChI is InChI=1S/C16H18ClNO/c1-11-8-9-12(14(17)10-11)16(18-2)13-6-4-5-7-15(13)19-3/h4-10,16,18H,1-3H3. The van der Waals surface area contributed by atoms with Crippen molar-refractivity contribution in [3.63, 3.8) is 0 Å². The number of methoxy groups -OCH3 is 1. The molecule has 0 amide bonds. The highest BCUT2D eigenvalue weighted by Gasteiger charge is 2.18. The molecule has 0 aliphatic rings. The van der Waals surface area contributed by atoms with Gasteiger partial charge < -0.3 is 10.1 Å². The van der Waals surface area contributed by atoms with Crippen molar-refractivity contribution >= 4 is 11.6 Å². The molecule has 0 spiro atoms. The average molecular weight is 276 g/mol. The third-order valence-corrected chi connectivity index (χ3v) is 3.53. The van der Waals surface area contributed by atoms with Gasteiger partial charge in [-0.15, -0.1) is 0 Å². The Labute approximate surface area is 119 Å². The summed E-state index contributed by atoms with van der Waals surface area (Å²) < 4.78 is 5.43. The van der Waals surface area contributed by atoms with E-state index in [9.17, 15) is 0 Å². The molecule has 1 unspecified atom stereocenters. The van der Waals surface area contributed by atoms with Gasteiger partial charge in [-0.1, -0.05) is 41.9 Å². The summed E-state index contributed by atoms with van der Waals surface area (Å²) in [7, 11) is 3.61. The summed E-state index contributed by atoms with van der Waals surface area (Å²) in [5.74, 6) is 0.860. The van der Waals surface area contributed by atoms with E-state index in [1.165, 1.54) is 0 Å². The minimum absolute atomic E-state index is 0.0178. The maximum atomic E-state index is 6.37. The molecule has 0 saturated heterocycles. The van der Waals surface area contributed by atoms with E-state index in [1.54, 1.807) is 7.11 Å². The summed E-state index contributed by atoms with van der Waals surface area (Å²) in [4.78, 5) is 0. The minimum atomic E-state index is 0.0178. The molecule has 0 saturated carbocycles. The largest absolute Gasteiger partial charge is 0.496 e. The first-order valence-corrected chi connectivity index (χ1v) is 6.61. The highest BCUT2D eigenvalue weighted by molar-refractivity contribution is 6.31. The summed E-state index contributed by atoms with van der Waals surface area (Å²) in [6, 6.07) is 14.1. The van der Waals surface area contributed by atoms with E-state index in [0.717, 1.165) is 27.5 Å². The average Bonchev–Trinajstić information content (AvgIpc) is 2.42. The van der Waals surface area contributed by atoms with Gasteiger partial charge in [0.15, 0.2) is 0 Å². The first-order valence-electron chi connectivity index (χ1n) is 6.23. The van der Waals surface area contributed by atoms with Gasteiger partial charge in [0.1, 0.15) is 5.75 Å². The number of halogens is 1. The lowest BCUT2D eigenvalue weighted by molar-refractivity contribution is 0.405.